The summed E-state index contributed by atoms with van der Waals surface area (Å²) in [5.74, 6) is 0.679. The number of rotatable bonds is 6. The van der Waals surface area contributed by atoms with Crippen LogP contribution in [0.4, 0.5) is 5.82 Å². The summed E-state index contributed by atoms with van der Waals surface area (Å²) in [5, 5.41) is 13.4. The molecule has 0 saturated carbocycles. The zero-order chi connectivity index (χ0) is 18.4. The third kappa shape index (κ3) is 4.28. The van der Waals surface area contributed by atoms with E-state index < -0.39 is 0 Å². The molecular weight excluding hydrogens is 330 g/mol. The zero-order valence-corrected chi connectivity index (χ0v) is 15.6. The van der Waals surface area contributed by atoms with Crippen LogP contribution in [-0.4, -0.2) is 74.5 Å². The molecule has 0 bridgehead atoms. The normalized spacial score (nSPS) is 15.8. The van der Waals surface area contributed by atoms with Crippen LogP contribution in [-0.2, 0) is 4.74 Å². The Morgan fingerprint density at radius 1 is 1.15 bits per heavy atom. The van der Waals surface area contributed by atoms with Crippen LogP contribution in [0.25, 0.3) is 10.8 Å². The maximum absolute atomic E-state index is 12.5. The second-order valence-electron chi connectivity index (χ2n) is 6.66. The van der Waals surface area contributed by atoms with Gasteiger partial charge in [-0.25, -0.2) is 0 Å². The number of methoxy groups -OCH3 is 1. The molecule has 1 fully saturated rings. The predicted molar refractivity (Wildman–Crippen MR) is 103 cm³/mol. The van der Waals surface area contributed by atoms with E-state index >= 15 is 0 Å². The van der Waals surface area contributed by atoms with E-state index in [2.05, 4.69) is 32.4 Å². The highest BCUT2D eigenvalue weighted by Gasteiger charge is 2.20. The fraction of sp³-hybridized carbons (Fsp3) is 0.526. The lowest BCUT2D eigenvalue weighted by molar-refractivity contribution is 0.0944. The minimum atomic E-state index is -0.188. The number of benzene rings is 1. The number of fused-ring (bicyclic) bond motifs is 1. The lowest BCUT2D eigenvalue weighted by Gasteiger charge is -2.23. The molecule has 1 N–H and O–H groups in total. The Morgan fingerprint density at radius 2 is 1.96 bits per heavy atom. The topological polar surface area (TPSA) is 70.6 Å². The van der Waals surface area contributed by atoms with Crippen molar-refractivity contribution >= 4 is 22.5 Å². The van der Waals surface area contributed by atoms with Crippen LogP contribution in [0.1, 0.15) is 23.3 Å². The van der Waals surface area contributed by atoms with Crippen molar-refractivity contribution in [2.75, 3.05) is 58.4 Å². The Morgan fingerprint density at radius 3 is 2.77 bits per heavy atom. The number of nitrogens with zero attached hydrogens (tertiary/aromatic N) is 4. The third-order valence-electron chi connectivity index (χ3n) is 4.71. The lowest BCUT2D eigenvalue weighted by Crippen LogP contribution is -2.31. The summed E-state index contributed by atoms with van der Waals surface area (Å²) in [6.07, 6.45) is 1.86. The summed E-state index contributed by atoms with van der Waals surface area (Å²) < 4.78 is 5.01. The van der Waals surface area contributed by atoms with Gasteiger partial charge >= 0.3 is 0 Å². The molecule has 1 aromatic carbocycles. The number of nitrogens with one attached hydrogen (secondary N) is 1. The number of hydrogen-bond donors (Lipinski definition) is 1. The first-order chi connectivity index (χ1) is 12.7. The molecule has 0 unspecified atom stereocenters. The van der Waals surface area contributed by atoms with Gasteiger partial charge in [0.15, 0.2) is 11.5 Å². The Balaban J connectivity index is 1.85. The Bertz CT molecular complexity index is 752. The standard InChI is InChI=1S/C19H27N5O2/c1-23-10-6-11-24(13-12-23)18-16-8-4-3-7-15(16)17(21-22-18)19(25)20-9-5-14-26-2/h3-4,7-8H,5-6,9-14H2,1-2H3,(H,20,25). The molecule has 0 aliphatic carbocycles. The summed E-state index contributed by atoms with van der Waals surface area (Å²) in [7, 11) is 3.80. The number of amides is 1. The SMILES string of the molecule is COCCCNC(=O)c1nnc(N2CCCN(C)CC2)c2ccccc12. The maximum atomic E-state index is 12.5. The first-order valence-electron chi connectivity index (χ1n) is 9.16. The molecule has 26 heavy (non-hydrogen) atoms. The van der Waals surface area contributed by atoms with Gasteiger partial charge in [0.1, 0.15) is 0 Å². The van der Waals surface area contributed by atoms with E-state index in [0.29, 0.717) is 18.8 Å². The molecule has 0 spiro atoms. The summed E-state index contributed by atoms with van der Waals surface area (Å²) >= 11 is 0. The molecule has 1 aliphatic heterocycles. The number of ether oxygens (including phenoxy) is 1. The molecule has 7 heteroatoms. The summed E-state index contributed by atoms with van der Waals surface area (Å²) in [6, 6.07) is 7.89. The average molecular weight is 357 g/mol. The van der Waals surface area contributed by atoms with Crippen LogP contribution >= 0.6 is 0 Å². The predicted octanol–water partition coefficient (Wildman–Crippen LogP) is 1.54. The molecule has 1 aliphatic rings. The van der Waals surface area contributed by atoms with Crippen molar-refractivity contribution in [1.29, 1.82) is 0 Å². The first kappa shape index (κ1) is 18.5. The lowest BCUT2D eigenvalue weighted by atomic mass is 10.1. The Hall–Kier alpha value is -2.25. The highest BCUT2D eigenvalue weighted by molar-refractivity contribution is 6.07. The van der Waals surface area contributed by atoms with Crippen molar-refractivity contribution in [2.24, 2.45) is 0 Å². The largest absolute Gasteiger partial charge is 0.385 e. The molecular formula is C19H27N5O2. The van der Waals surface area contributed by atoms with E-state index in [1.165, 1.54) is 0 Å². The van der Waals surface area contributed by atoms with Gasteiger partial charge in [-0.15, -0.1) is 10.2 Å². The second-order valence-corrected chi connectivity index (χ2v) is 6.66. The van der Waals surface area contributed by atoms with E-state index in [0.717, 1.165) is 55.6 Å². The van der Waals surface area contributed by atoms with Crippen molar-refractivity contribution in [3.05, 3.63) is 30.0 Å². The fourth-order valence-electron chi connectivity index (χ4n) is 3.25. The van der Waals surface area contributed by atoms with Crippen molar-refractivity contribution in [1.82, 2.24) is 20.4 Å². The molecule has 0 atom stereocenters. The minimum Gasteiger partial charge on any atom is -0.385 e. The number of aromatic nitrogens is 2. The van der Waals surface area contributed by atoms with Crippen molar-refractivity contribution < 1.29 is 9.53 Å². The highest BCUT2D eigenvalue weighted by atomic mass is 16.5. The van der Waals surface area contributed by atoms with Gasteiger partial charge in [0.05, 0.1) is 0 Å². The van der Waals surface area contributed by atoms with E-state index in [4.69, 9.17) is 4.74 Å². The maximum Gasteiger partial charge on any atom is 0.272 e. The molecule has 140 valence electrons. The molecule has 2 aromatic rings. The van der Waals surface area contributed by atoms with Gasteiger partial charge < -0.3 is 19.9 Å². The van der Waals surface area contributed by atoms with Crippen LogP contribution in [0.3, 0.4) is 0 Å². The molecule has 7 nitrogen and oxygen atoms in total. The molecule has 0 radical (unpaired) electrons. The first-order valence-corrected chi connectivity index (χ1v) is 9.16. The quantitative estimate of drug-likeness (QED) is 0.791. The fourth-order valence-corrected chi connectivity index (χ4v) is 3.25. The van der Waals surface area contributed by atoms with E-state index in [1.54, 1.807) is 7.11 Å². The van der Waals surface area contributed by atoms with Crippen LogP contribution < -0.4 is 10.2 Å². The van der Waals surface area contributed by atoms with Crippen LogP contribution in [0, 0.1) is 0 Å². The summed E-state index contributed by atoms with van der Waals surface area (Å²) in [4.78, 5) is 17.1. The number of hydrogen-bond acceptors (Lipinski definition) is 6. The van der Waals surface area contributed by atoms with Crippen LogP contribution in [0.5, 0.6) is 0 Å². The van der Waals surface area contributed by atoms with Gasteiger partial charge in [-0.05, 0) is 26.4 Å². The van der Waals surface area contributed by atoms with Gasteiger partial charge in [-0.3, -0.25) is 4.79 Å². The number of anilines is 1. The minimum absolute atomic E-state index is 0.188. The van der Waals surface area contributed by atoms with Gasteiger partial charge in [-0.1, -0.05) is 24.3 Å². The van der Waals surface area contributed by atoms with E-state index in [-0.39, 0.29) is 5.91 Å². The van der Waals surface area contributed by atoms with Crippen molar-refractivity contribution in [2.45, 2.75) is 12.8 Å². The smallest absolute Gasteiger partial charge is 0.272 e. The van der Waals surface area contributed by atoms with Gasteiger partial charge in [0.25, 0.3) is 5.91 Å². The molecule has 1 aromatic heterocycles. The monoisotopic (exact) mass is 357 g/mol. The number of likely N-dealkylation sites (N-methyl/N-ethyl adjacent to an activating group) is 1. The molecule has 2 heterocycles. The zero-order valence-electron chi connectivity index (χ0n) is 15.6. The van der Waals surface area contributed by atoms with Crippen LogP contribution in [0.15, 0.2) is 24.3 Å². The van der Waals surface area contributed by atoms with E-state index in [9.17, 15) is 4.79 Å². The molecule has 3 rings (SSSR count). The van der Waals surface area contributed by atoms with Crippen LogP contribution in [0.2, 0.25) is 0 Å². The summed E-state index contributed by atoms with van der Waals surface area (Å²) in [5.41, 5.74) is 0.383. The second kappa shape index (κ2) is 8.91. The Labute approximate surface area is 154 Å². The van der Waals surface area contributed by atoms with Gasteiger partial charge in [-0.2, -0.15) is 0 Å². The average Bonchev–Trinajstić information content (AvgIpc) is 2.88. The van der Waals surface area contributed by atoms with Gasteiger partial charge in [0.2, 0.25) is 0 Å². The highest BCUT2D eigenvalue weighted by Crippen LogP contribution is 2.26. The van der Waals surface area contributed by atoms with Gasteiger partial charge in [0, 0.05) is 50.7 Å². The van der Waals surface area contributed by atoms with Crippen molar-refractivity contribution in [3.8, 4) is 0 Å². The van der Waals surface area contributed by atoms with E-state index in [1.807, 2.05) is 24.3 Å². The molecule has 1 saturated heterocycles. The Kier molecular flexibility index (Phi) is 6.35. The molecule has 1 amide bonds. The number of carbonyl (C=O) groups is 1. The third-order valence-corrected chi connectivity index (χ3v) is 4.71. The number of carbonyl (C=O) groups excluding carboxylic acids is 1. The van der Waals surface area contributed by atoms with Crippen molar-refractivity contribution in [3.63, 3.8) is 0 Å². The summed E-state index contributed by atoms with van der Waals surface area (Å²) in [6.45, 7) is 5.13.